The average molecular weight is 407 g/mol. The number of nitrogens with zero attached hydrogens (tertiary/aromatic N) is 5. The molecule has 0 saturated carbocycles. The number of hydrogen-bond donors (Lipinski definition) is 2. The van der Waals surface area contributed by atoms with Crippen LogP contribution in [0.15, 0.2) is 53.1 Å². The van der Waals surface area contributed by atoms with Gasteiger partial charge in [0.15, 0.2) is 5.76 Å². The maximum Gasteiger partial charge on any atom is 0.256 e. The fraction of sp³-hybridized carbons (Fsp3) is 0.286. The minimum Gasteiger partial charge on any atom is -0.461 e. The molecular weight excluding hydrogens is 385 g/mol. The van der Waals surface area contributed by atoms with Crippen LogP contribution in [0.3, 0.4) is 0 Å². The zero-order chi connectivity index (χ0) is 20.5. The van der Waals surface area contributed by atoms with Gasteiger partial charge < -0.3 is 15.5 Å². The van der Waals surface area contributed by atoms with Crippen LogP contribution in [0, 0.1) is 5.82 Å². The van der Waals surface area contributed by atoms with Gasteiger partial charge in [-0.05, 0) is 37.6 Å². The van der Waals surface area contributed by atoms with E-state index in [2.05, 4.69) is 25.3 Å². The molecule has 1 aliphatic heterocycles. The van der Waals surface area contributed by atoms with Crippen molar-refractivity contribution in [2.24, 2.45) is 0 Å². The van der Waals surface area contributed by atoms with Crippen LogP contribution < -0.4 is 11.1 Å². The Morgan fingerprint density at radius 2 is 2.10 bits per heavy atom. The third kappa shape index (κ3) is 3.59. The highest BCUT2D eigenvalue weighted by molar-refractivity contribution is 5.56. The number of halogens is 1. The van der Waals surface area contributed by atoms with Crippen molar-refractivity contribution in [2.45, 2.75) is 25.4 Å². The van der Waals surface area contributed by atoms with E-state index in [9.17, 15) is 4.39 Å². The minimum atomic E-state index is -0.157. The highest BCUT2D eigenvalue weighted by atomic mass is 19.1. The molecule has 4 aromatic rings. The number of hydrogen-bond acceptors (Lipinski definition) is 7. The summed E-state index contributed by atoms with van der Waals surface area (Å²) in [7, 11) is 0. The molecule has 30 heavy (non-hydrogen) atoms. The summed E-state index contributed by atoms with van der Waals surface area (Å²) in [6.07, 6.45) is 3.71. The third-order valence-corrected chi connectivity index (χ3v) is 5.43. The van der Waals surface area contributed by atoms with Crippen LogP contribution in [0.25, 0.3) is 17.4 Å². The van der Waals surface area contributed by atoms with Crippen LogP contribution in [-0.2, 0) is 6.54 Å². The monoisotopic (exact) mass is 407 g/mol. The summed E-state index contributed by atoms with van der Waals surface area (Å²) in [5, 5.41) is 7.72. The topological polar surface area (TPSA) is 97.5 Å². The second-order valence-corrected chi connectivity index (χ2v) is 7.43. The Balaban J connectivity index is 1.30. The number of likely N-dealkylation sites (tertiary alicyclic amines) is 1. The number of aromatic nitrogens is 4. The minimum absolute atomic E-state index is 0.157. The van der Waals surface area contributed by atoms with Crippen molar-refractivity contribution in [3.63, 3.8) is 0 Å². The Morgan fingerprint density at radius 3 is 2.93 bits per heavy atom. The van der Waals surface area contributed by atoms with Crippen LogP contribution in [-0.4, -0.2) is 43.6 Å². The Kier molecular flexibility index (Phi) is 4.80. The SMILES string of the molecule is Nc1cc(NCC2CCCN2Cc2ccccc2F)nc2nc(-c3ccco3)nn12. The Morgan fingerprint density at radius 1 is 1.20 bits per heavy atom. The molecule has 3 N–H and O–H groups in total. The first-order valence-corrected chi connectivity index (χ1v) is 9.96. The lowest BCUT2D eigenvalue weighted by Gasteiger charge is -2.25. The summed E-state index contributed by atoms with van der Waals surface area (Å²) in [5.41, 5.74) is 6.88. The molecule has 0 aliphatic carbocycles. The molecule has 5 rings (SSSR count). The summed E-state index contributed by atoms with van der Waals surface area (Å²) >= 11 is 0. The molecule has 3 aromatic heterocycles. The molecule has 154 valence electrons. The normalized spacial score (nSPS) is 17.0. The van der Waals surface area contributed by atoms with E-state index in [0.717, 1.165) is 24.9 Å². The van der Waals surface area contributed by atoms with Gasteiger partial charge >= 0.3 is 0 Å². The van der Waals surface area contributed by atoms with Gasteiger partial charge in [0.1, 0.15) is 17.5 Å². The molecule has 0 amide bonds. The summed E-state index contributed by atoms with van der Waals surface area (Å²) in [6.45, 7) is 2.24. The average Bonchev–Trinajstić information content (AvgIpc) is 3.49. The van der Waals surface area contributed by atoms with E-state index in [1.165, 1.54) is 10.6 Å². The molecule has 0 bridgehead atoms. The number of nitrogen functional groups attached to an aromatic ring is 1. The number of nitrogens with two attached hydrogens (primary N) is 1. The number of anilines is 2. The summed E-state index contributed by atoms with van der Waals surface area (Å²) in [6, 6.07) is 12.5. The van der Waals surface area contributed by atoms with Gasteiger partial charge in [0.2, 0.25) is 5.82 Å². The number of rotatable bonds is 6. The molecule has 1 saturated heterocycles. The first kappa shape index (κ1) is 18.6. The van der Waals surface area contributed by atoms with E-state index in [0.29, 0.717) is 48.1 Å². The van der Waals surface area contributed by atoms with E-state index in [1.807, 2.05) is 12.1 Å². The number of furan rings is 1. The predicted octanol–water partition coefficient (Wildman–Crippen LogP) is 3.18. The molecule has 9 heteroatoms. The van der Waals surface area contributed by atoms with Gasteiger partial charge in [0.05, 0.1) is 6.26 Å². The fourth-order valence-electron chi connectivity index (χ4n) is 3.89. The highest BCUT2D eigenvalue weighted by Gasteiger charge is 2.25. The van der Waals surface area contributed by atoms with Gasteiger partial charge in [-0.3, -0.25) is 4.90 Å². The van der Waals surface area contributed by atoms with Crippen molar-refractivity contribution in [3.05, 3.63) is 60.1 Å². The lowest BCUT2D eigenvalue weighted by Crippen LogP contribution is -2.34. The van der Waals surface area contributed by atoms with Crippen LogP contribution >= 0.6 is 0 Å². The highest BCUT2D eigenvalue weighted by Crippen LogP contribution is 2.23. The molecule has 1 aliphatic rings. The number of fused-ring (bicyclic) bond motifs is 1. The maximum atomic E-state index is 14.0. The van der Waals surface area contributed by atoms with E-state index < -0.39 is 0 Å². The smallest absolute Gasteiger partial charge is 0.256 e. The lowest BCUT2D eigenvalue weighted by atomic mass is 10.1. The molecule has 1 fully saturated rings. The van der Waals surface area contributed by atoms with E-state index in [-0.39, 0.29) is 5.82 Å². The lowest BCUT2D eigenvalue weighted by molar-refractivity contribution is 0.250. The fourth-order valence-corrected chi connectivity index (χ4v) is 3.89. The Hall–Kier alpha value is -3.46. The van der Waals surface area contributed by atoms with Crippen LogP contribution in [0.2, 0.25) is 0 Å². The van der Waals surface area contributed by atoms with Gasteiger partial charge in [-0.1, -0.05) is 18.2 Å². The van der Waals surface area contributed by atoms with Gasteiger partial charge in [-0.25, -0.2) is 4.39 Å². The van der Waals surface area contributed by atoms with Crippen LogP contribution in [0.1, 0.15) is 18.4 Å². The van der Waals surface area contributed by atoms with Gasteiger partial charge in [0.25, 0.3) is 5.78 Å². The van der Waals surface area contributed by atoms with Crippen molar-refractivity contribution < 1.29 is 8.81 Å². The predicted molar refractivity (Wildman–Crippen MR) is 111 cm³/mol. The standard InChI is InChI=1S/C21H22FN7O/c22-16-7-2-1-5-14(16)13-28-9-3-6-15(28)12-24-19-11-18(23)29-21(25-19)26-20(27-29)17-8-4-10-30-17/h1-2,4-5,7-8,10-11,15H,3,6,9,12-13,23H2,(H,24,25,26,27). The first-order chi connectivity index (χ1) is 14.7. The van der Waals surface area contributed by atoms with Crippen molar-refractivity contribution in [1.82, 2.24) is 24.5 Å². The quantitative estimate of drug-likeness (QED) is 0.507. The van der Waals surface area contributed by atoms with Gasteiger partial charge in [-0.15, -0.1) is 5.10 Å². The number of nitrogens with one attached hydrogen (secondary N) is 1. The van der Waals surface area contributed by atoms with Crippen LogP contribution in [0.5, 0.6) is 0 Å². The summed E-state index contributed by atoms with van der Waals surface area (Å²) in [5.74, 6) is 2.31. The van der Waals surface area contributed by atoms with Gasteiger partial charge in [0, 0.05) is 30.8 Å². The maximum absolute atomic E-state index is 14.0. The zero-order valence-electron chi connectivity index (χ0n) is 16.3. The Labute approximate surface area is 172 Å². The molecule has 1 unspecified atom stereocenters. The molecule has 0 radical (unpaired) electrons. The van der Waals surface area contributed by atoms with E-state index in [1.54, 1.807) is 30.5 Å². The van der Waals surface area contributed by atoms with Crippen LogP contribution in [0.4, 0.5) is 16.0 Å². The Bertz CT molecular complexity index is 1160. The van der Waals surface area contributed by atoms with E-state index >= 15 is 0 Å². The first-order valence-electron chi connectivity index (χ1n) is 9.96. The second-order valence-electron chi connectivity index (χ2n) is 7.43. The number of benzene rings is 1. The van der Waals surface area contributed by atoms with E-state index in [4.69, 9.17) is 10.2 Å². The molecule has 1 aromatic carbocycles. The third-order valence-electron chi connectivity index (χ3n) is 5.43. The molecule has 8 nitrogen and oxygen atoms in total. The summed E-state index contributed by atoms with van der Waals surface area (Å²) in [4.78, 5) is 11.2. The molecule has 4 heterocycles. The van der Waals surface area contributed by atoms with Crippen molar-refractivity contribution >= 4 is 17.4 Å². The largest absolute Gasteiger partial charge is 0.461 e. The van der Waals surface area contributed by atoms with Crippen molar-refractivity contribution in [1.29, 1.82) is 0 Å². The molecule has 1 atom stereocenters. The van der Waals surface area contributed by atoms with Crippen molar-refractivity contribution in [3.8, 4) is 11.6 Å². The molecular formula is C21H22FN7O. The van der Waals surface area contributed by atoms with Crippen molar-refractivity contribution in [2.75, 3.05) is 24.1 Å². The zero-order valence-corrected chi connectivity index (χ0v) is 16.3. The van der Waals surface area contributed by atoms with Gasteiger partial charge in [-0.2, -0.15) is 14.5 Å². The molecule has 0 spiro atoms. The summed E-state index contributed by atoms with van der Waals surface area (Å²) < 4.78 is 20.9. The second kappa shape index (κ2) is 7.75.